The van der Waals surface area contributed by atoms with Gasteiger partial charge in [-0.3, -0.25) is 0 Å². The van der Waals surface area contributed by atoms with Crippen LogP contribution in [0.3, 0.4) is 0 Å². The van der Waals surface area contributed by atoms with Crippen LogP contribution in [0.5, 0.6) is 0 Å². The molecule has 5 nitrogen and oxygen atoms in total. The van der Waals surface area contributed by atoms with Crippen LogP contribution >= 0.6 is 11.8 Å². The molecule has 0 aromatic carbocycles. The first-order valence-electron chi connectivity index (χ1n) is 6.68. The van der Waals surface area contributed by atoms with E-state index in [0.717, 1.165) is 12.4 Å². The maximum atomic E-state index is 12.3. The Labute approximate surface area is 130 Å². The summed E-state index contributed by atoms with van der Waals surface area (Å²) in [5.74, 6) is 1.49. The van der Waals surface area contributed by atoms with E-state index in [1.807, 2.05) is 13.8 Å². The monoisotopic (exact) mass is 331 g/mol. The lowest BCUT2D eigenvalue weighted by molar-refractivity contribution is -0.115. The Morgan fingerprint density at radius 1 is 1.36 bits per heavy atom. The molecule has 0 fully saturated rings. The molecule has 0 saturated heterocycles. The van der Waals surface area contributed by atoms with Gasteiger partial charge in [-0.25, -0.2) is 14.6 Å². The van der Waals surface area contributed by atoms with Crippen LogP contribution in [0.1, 0.15) is 18.3 Å². The smallest absolute Gasteiger partial charge is 0.361 e. The minimum absolute atomic E-state index is 0.235. The quantitative estimate of drug-likeness (QED) is 0.824. The van der Waals surface area contributed by atoms with Gasteiger partial charge in [-0.15, -0.1) is 5.10 Å². The fourth-order valence-electron chi connectivity index (χ4n) is 1.80. The van der Waals surface area contributed by atoms with Crippen LogP contribution < -0.4 is 5.32 Å². The number of anilines is 1. The number of halogens is 3. The largest absolute Gasteiger partial charge is 0.405 e. The Morgan fingerprint density at radius 3 is 2.77 bits per heavy atom. The summed E-state index contributed by atoms with van der Waals surface area (Å²) >= 11 is 1.37. The lowest BCUT2D eigenvalue weighted by Gasteiger charge is -2.11. The maximum absolute atomic E-state index is 12.3. The van der Waals surface area contributed by atoms with Crippen LogP contribution in [-0.4, -0.2) is 32.5 Å². The minimum atomic E-state index is -4.28. The number of aromatic nitrogens is 4. The van der Waals surface area contributed by atoms with Crippen LogP contribution in [0, 0.1) is 6.92 Å². The number of nitrogens with zero attached hydrogens (tertiary/aromatic N) is 4. The number of aryl methyl sites for hydroxylation is 2. The summed E-state index contributed by atoms with van der Waals surface area (Å²) in [6.45, 7) is 3.45. The highest BCUT2D eigenvalue weighted by Gasteiger charge is 2.27. The number of hydrogen-bond donors (Lipinski definition) is 1. The van der Waals surface area contributed by atoms with E-state index in [1.54, 1.807) is 16.8 Å². The third kappa shape index (κ3) is 4.62. The van der Waals surface area contributed by atoms with E-state index in [9.17, 15) is 13.2 Å². The van der Waals surface area contributed by atoms with Crippen molar-refractivity contribution in [3.05, 3.63) is 29.7 Å². The van der Waals surface area contributed by atoms with Gasteiger partial charge in [0.25, 0.3) is 0 Å². The van der Waals surface area contributed by atoms with Crippen molar-refractivity contribution in [2.24, 2.45) is 0 Å². The van der Waals surface area contributed by atoms with E-state index in [0.29, 0.717) is 16.5 Å². The van der Waals surface area contributed by atoms with Crippen molar-refractivity contribution in [3.63, 3.8) is 0 Å². The molecule has 0 saturated carbocycles. The predicted octanol–water partition coefficient (Wildman–Crippen LogP) is 3.27. The maximum Gasteiger partial charge on any atom is 0.405 e. The lowest BCUT2D eigenvalue weighted by Crippen LogP contribution is -2.22. The van der Waals surface area contributed by atoms with Crippen molar-refractivity contribution >= 4 is 17.6 Å². The summed E-state index contributed by atoms with van der Waals surface area (Å²) in [4.78, 5) is 8.27. The Hall–Kier alpha value is -1.77. The summed E-state index contributed by atoms with van der Waals surface area (Å²) in [5, 5.41) is 7.23. The fraction of sp³-hybridized carbons (Fsp3) is 0.462. The normalized spacial score (nSPS) is 11.7. The second-order valence-corrected chi connectivity index (χ2v) is 5.47. The lowest BCUT2D eigenvalue weighted by atomic mass is 10.3. The molecule has 2 heterocycles. The Morgan fingerprint density at radius 2 is 2.14 bits per heavy atom. The van der Waals surface area contributed by atoms with E-state index in [2.05, 4.69) is 20.4 Å². The highest BCUT2D eigenvalue weighted by atomic mass is 32.2. The van der Waals surface area contributed by atoms with Gasteiger partial charge < -0.3 is 5.32 Å². The van der Waals surface area contributed by atoms with Crippen LogP contribution in [0.25, 0.3) is 0 Å². The van der Waals surface area contributed by atoms with Gasteiger partial charge >= 0.3 is 6.18 Å². The zero-order valence-electron chi connectivity index (χ0n) is 12.2. The summed E-state index contributed by atoms with van der Waals surface area (Å²) in [6, 6.07) is 3.43. The average molecular weight is 331 g/mol. The fourth-order valence-corrected chi connectivity index (χ4v) is 2.67. The molecule has 0 aliphatic carbocycles. The van der Waals surface area contributed by atoms with Gasteiger partial charge in [-0.1, -0.05) is 17.8 Å². The zero-order valence-corrected chi connectivity index (χ0v) is 13.0. The predicted molar refractivity (Wildman–Crippen MR) is 78.8 cm³/mol. The van der Waals surface area contributed by atoms with E-state index in [1.165, 1.54) is 18.0 Å². The number of rotatable bonds is 6. The first-order valence-corrected chi connectivity index (χ1v) is 7.66. The molecule has 120 valence electrons. The second-order valence-electron chi connectivity index (χ2n) is 4.53. The van der Waals surface area contributed by atoms with Crippen molar-refractivity contribution < 1.29 is 13.2 Å². The number of thioether (sulfide) groups is 1. The van der Waals surface area contributed by atoms with Gasteiger partial charge in [0, 0.05) is 24.1 Å². The summed E-state index contributed by atoms with van der Waals surface area (Å²) in [6.07, 6.45) is -2.82. The van der Waals surface area contributed by atoms with E-state index in [4.69, 9.17) is 0 Å². The molecule has 2 aromatic rings. The Balaban J connectivity index is 2.03. The molecule has 0 radical (unpaired) electrons. The van der Waals surface area contributed by atoms with Gasteiger partial charge in [0.15, 0.2) is 0 Å². The van der Waals surface area contributed by atoms with Crippen molar-refractivity contribution in [2.75, 3.05) is 11.9 Å². The minimum Gasteiger partial charge on any atom is -0.361 e. The van der Waals surface area contributed by atoms with Crippen molar-refractivity contribution in [1.29, 1.82) is 0 Å². The van der Waals surface area contributed by atoms with Gasteiger partial charge in [-0.2, -0.15) is 13.2 Å². The van der Waals surface area contributed by atoms with Crippen LogP contribution in [0.2, 0.25) is 0 Å². The molecule has 0 aliphatic rings. The van der Waals surface area contributed by atoms with Crippen LogP contribution in [-0.2, 0) is 12.3 Å². The Bertz CT molecular complexity index is 626. The summed E-state index contributed by atoms with van der Waals surface area (Å²) < 4.78 is 38.6. The topological polar surface area (TPSA) is 55.6 Å². The molecular weight excluding hydrogens is 315 g/mol. The second kappa shape index (κ2) is 6.99. The van der Waals surface area contributed by atoms with E-state index in [-0.39, 0.29) is 5.82 Å². The molecule has 0 amide bonds. The molecule has 0 spiro atoms. The third-order valence-electron chi connectivity index (χ3n) is 2.84. The van der Waals surface area contributed by atoms with E-state index < -0.39 is 12.7 Å². The molecule has 0 bridgehead atoms. The molecule has 2 aromatic heterocycles. The van der Waals surface area contributed by atoms with Gasteiger partial charge in [0.1, 0.15) is 18.2 Å². The highest BCUT2D eigenvalue weighted by molar-refractivity contribution is 7.98. The highest BCUT2D eigenvalue weighted by Crippen LogP contribution is 2.24. The summed E-state index contributed by atoms with van der Waals surface area (Å²) in [5.41, 5.74) is 0.683. The SMILES string of the molecule is CCn1nc(SCc2cccnc2NCC(F)(F)F)nc1C. The molecule has 22 heavy (non-hydrogen) atoms. The standard InChI is InChI=1S/C13H16F3N5S/c1-3-21-9(2)19-12(20-21)22-7-10-5-4-6-17-11(10)18-8-13(14,15)16/h4-6H,3,7-8H2,1-2H3,(H,17,18). The molecule has 2 rings (SSSR count). The number of nitrogens with one attached hydrogen (secondary N) is 1. The molecule has 0 aliphatic heterocycles. The molecule has 0 unspecified atom stereocenters. The summed E-state index contributed by atoms with van der Waals surface area (Å²) in [7, 11) is 0. The van der Waals surface area contributed by atoms with Crippen LogP contribution in [0.4, 0.5) is 19.0 Å². The van der Waals surface area contributed by atoms with Gasteiger partial charge in [0.05, 0.1) is 0 Å². The average Bonchev–Trinajstić information content (AvgIpc) is 2.83. The molecular formula is C13H16F3N5S. The zero-order chi connectivity index (χ0) is 16.2. The van der Waals surface area contributed by atoms with Gasteiger partial charge in [-0.05, 0) is 19.9 Å². The van der Waals surface area contributed by atoms with Crippen LogP contribution in [0.15, 0.2) is 23.5 Å². The first-order chi connectivity index (χ1) is 10.4. The molecule has 9 heteroatoms. The number of alkyl halides is 3. The van der Waals surface area contributed by atoms with E-state index >= 15 is 0 Å². The molecule has 1 N–H and O–H groups in total. The molecule has 0 atom stereocenters. The van der Waals surface area contributed by atoms with Gasteiger partial charge in [0.2, 0.25) is 5.16 Å². The Kier molecular flexibility index (Phi) is 5.28. The van der Waals surface area contributed by atoms with Crippen molar-refractivity contribution in [3.8, 4) is 0 Å². The first kappa shape index (κ1) is 16.6. The van der Waals surface area contributed by atoms with Crippen molar-refractivity contribution in [2.45, 2.75) is 37.5 Å². The third-order valence-corrected chi connectivity index (χ3v) is 3.73. The van der Waals surface area contributed by atoms with Crippen molar-refractivity contribution in [1.82, 2.24) is 19.7 Å². The number of hydrogen-bond acceptors (Lipinski definition) is 5. The number of pyridine rings is 1.